The highest BCUT2D eigenvalue weighted by atomic mass is 32.2. The molecule has 0 fully saturated rings. The highest BCUT2D eigenvalue weighted by Crippen LogP contribution is 2.35. The van der Waals surface area contributed by atoms with Crippen molar-refractivity contribution in [3.8, 4) is 0 Å². The van der Waals surface area contributed by atoms with Gasteiger partial charge >= 0.3 is 0 Å². The quantitative estimate of drug-likeness (QED) is 0.0968. The van der Waals surface area contributed by atoms with Crippen LogP contribution in [0.5, 0.6) is 0 Å². The fourth-order valence-electron chi connectivity index (χ4n) is 2.34. The van der Waals surface area contributed by atoms with Gasteiger partial charge in [-0.25, -0.2) is 11.1 Å². The highest BCUT2D eigenvalue weighted by molar-refractivity contribution is 8.14. The van der Waals surface area contributed by atoms with Crippen LogP contribution in [-0.2, 0) is 0 Å². The maximum atomic E-state index is 12.9. The Morgan fingerprint density at radius 3 is 2.30 bits per heavy atom. The third-order valence-corrected chi connectivity index (χ3v) is 5.19. The molecule has 0 amide bonds. The smallest absolute Gasteiger partial charge is 0.230 e. The fourth-order valence-corrected chi connectivity index (χ4v) is 3.81. The molecule has 0 aliphatic rings. The number of hydrazone groups is 2. The number of hydrogen-bond acceptors (Lipinski definition) is 10. The van der Waals surface area contributed by atoms with E-state index in [0.717, 1.165) is 23.5 Å². The highest BCUT2D eigenvalue weighted by Gasteiger charge is 2.16. The molecule has 27 heavy (non-hydrogen) atoms. The normalized spacial score (nSPS) is 12.4. The van der Waals surface area contributed by atoms with Gasteiger partial charge in [0.05, 0.1) is 15.7 Å². The number of thioether (sulfide) groups is 2. The SMILES string of the molecule is N=NC(=NN)Sc1cc(SC(N=N)=NN)c2oc3ccccc3c(=O)c2c1. The summed E-state index contributed by atoms with van der Waals surface area (Å²) in [5, 5.41) is 14.0. The molecule has 0 aliphatic carbocycles. The Morgan fingerprint density at radius 2 is 1.63 bits per heavy atom. The first kappa shape index (κ1) is 18.5. The molecule has 3 rings (SSSR count). The standard InChI is InChI=1S/C15H12N8O2S2/c16-20-14(21-17)26-7-5-9-12(24)8-3-1-2-4-10(8)25-13(9)11(6-7)27-15(22-18)23-19/h1-6,16,18H,17,19H2. The lowest BCUT2D eigenvalue weighted by molar-refractivity contribution is 0.651. The molecule has 0 atom stereocenters. The third kappa shape index (κ3) is 3.66. The van der Waals surface area contributed by atoms with Crippen molar-refractivity contribution < 1.29 is 4.42 Å². The van der Waals surface area contributed by atoms with Gasteiger partial charge in [-0.1, -0.05) is 12.1 Å². The summed E-state index contributed by atoms with van der Waals surface area (Å²) < 4.78 is 5.92. The van der Waals surface area contributed by atoms with Crippen LogP contribution < -0.4 is 17.1 Å². The second kappa shape index (κ2) is 7.97. The maximum absolute atomic E-state index is 12.9. The van der Waals surface area contributed by atoms with Crippen molar-refractivity contribution in [2.75, 3.05) is 0 Å². The van der Waals surface area contributed by atoms with E-state index < -0.39 is 0 Å². The summed E-state index contributed by atoms with van der Waals surface area (Å²) in [6.07, 6.45) is 0. The molecule has 0 unspecified atom stereocenters. The zero-order valence-electron chi connectivity index (χ0n) is 13.5. The number of nitrogens with one attached hydrogen (secondary N) is 2. The van der Waals surface area contributed by atoms with Crippen molar-refractivity contribution in [2.45, 2.75) is 9.79 Å². The minimum Gasteiger partial charge on any atom is -0.455 e. The van der Waals surface area contributed by atoms with E-state index in [-0.39, 0.29) is 15.8 Å². The van der Waals surface area contributed by atoms with E-state index in [1.165, 1.54) is 0 Å². The first-order valence-electron chi connectivity index (χ1n) is 7.27. The van der Waals surface area contributed by atoms with Gasteiger partial charge < -0.3 is 16.1 Å². The van der Waals surface area contributed by atoms with Crippen LogP contribution in [0, 0.1) is 11.1 Å². The van der Waals surface area contributed by atoms with Crippen LogP contribution in [0.1, 0.15) is 0 Å². The molecule has 1 heterocycles. The van der Waals surface area contributed by atoms with Gasteiger partial charge in [0.2, 0.25) is 15.8 Å². The number of rotatable bonds is 2. The Morgan fingerprint density at radius 1 is 0.963 bits per heavy atom. The average Bonchev–Trinajstić information content (AvgIpc) is 2.71. The van der Waals surface area contributed by atoms with Gasteiger partial charge in [0, 0.05) is 4.90 Å². The van der Waals surface area contributed by atoms with Crippen LogP contribution in [0.25, 0.3) is 21.9 Å². The largest absolute Gasteiger partial charge is 0.455 e. The molecule has 136 valence electrons. The van der Waals surface area contributed by atoms with Gasteiger partial charge in [-0.3, -0.25) is 4.79 Å². The van der Waals surface area contributed by atoms with E-state index in [1.807, 2.05) is 0 Å². The van der Waals surface area contributed by atoms with Crippen LogP contribution in [-0.4, -0.2) is 10.3 Å². The Balaban J connectivity index is 2.32. The topological polar surface area (TPSA) is 179 Å². The van der Waals surface area contributed by atoms with E-state index in [2.05, 4.69) is 20.4 Å². The van der Waals surface area contributed by atoms with Gasteiger partial charge in [0.25, 0.3) is 0 Å². The Hall–Kier alpha value is -3.25. The third-order valence-electron chi connectivity index (χ3n) is 3.44. The first-order chi connectivity index (χ1) is 13.1. The number of nitrogens with two attached hydrogens (primary N) is 2. The molecular weight excluding hydrogens is 388 g/mol. The lowest BCUT2D eigenvalue weighted by Gasteiger charge is -2.09. The minimum atomic E-state index is -0.223. The molecular formula is C15H12N8O2S2. The van der Waals surface area contributed by atoms with Crippen LogP contribution in [0.2, 0.25) is 0 Å². The summed E-state index contributed by atoms with van der Waals surface area (Å²) in [5.74, 6) is 10.4. The summed E-state index contributed by atoms with van der Waals surface area (Å²) in [7, 11) is 0. The lowest BCUT2D eigenvalue weighted by atomic mass is 10.1. The summed E-state index contributed by atoms with van der Waals surface area (Å²) in [4.78, 5) is 14.0. The Labute approximate surface area is 160 Å². The Kier molecular flexibility index (Phi) is 5.47. The van der Waals surface area contributed by atoms with Crippen molar-refractivity contribution in [1.29, 1.82) is 11.1 Å². The maximum Gasteiger partial charge on any atom is 0.230 e. The van der Waals surface area contributed by atoms with E-state index in [4.69, 9.17) is 27.2 Å². The molecule has 0 saturated heterocycles. The van der Waals surface area contributed by atoms with Gasteiger partial charge in [-0.15, -0.1) is 10.2 Å². The molecule has 12 heteroatoms. The molecule has 6 N–H and O–H groups in total. The number of benzene rings is 2. The van der Waals surface area contributed by atoms with Crippen molar-refractivity contribution in [3.05, 3.63) is 46.6 Å². The van der Waals surface area contributed by atoms with E-state index in [0.29, 0.717) is 31.7 Å². The predicted octanol–water partition coefficient (Wildman–Crippen LogP) is 3.65. The van der Waals surface area contributed by atoms with Crippen molar-refractivity contribution in [2.24, 2.45) is 32.1 Å². The summed E-state index contributed by atoms with van der Waals surface area (Å²) in [5.41, 5.74) is 14.7. The van der Waals surface area contributed by atoms with Gasteiger partial charge in [-0.2, -0.15) is 10.2 Å². The number of para-hydroxylation sites is 1. The number of amidine groups is 2. The Bertz CT molecular complexity index is 1170. The van der Waals surface area contributed by atoms with E-state index >= 15 is 0 Å². The minimum absolute atomic E-state index is 0.00775. The molecule has 10 nitrogen and oxygen atoms in total. The first-order valence-corrected chi connectivity index (χ1v) is 8.90. The number of hydrogen-bond donors (Lipinski definition) is 4. The van der Waals surface area contributed by atoms with E-state index in [9.17, 15) is 4.79 Å². The summed E-state index contributed by atoms with van der Waals surface area (Å²) >= 11 is 1.97. The molecule has 0 spiro atoms. The second-order valence-corrected chi connectivity index (χ2v) is 7.03. The number of fused-ring (bicyclic) bond motifs is 2. The molecule has 3 aromatic rings. The van der Waals surface area contributed by atoms with Gasteiger partial charge in [0.1, 0.15) is 5.58 Å². The van der Waals surface area contributed by atoms with Crippen molar-refractivity contribution in [3.63, 3.8) is 0 Å². The summed E-state index contributed by atoms with van der Waals surface area (Å²) in [6.45, 7) is 0. The summed E-state index contributed by atoms with van der Waals surface area (Å²) in [6, 6.07) is 10.1. The number of nitrogens with zero attached hydrogens (tertiary/aromatic N) is 4. The van der Waals surface area contributed by atoms with E-state index in [1.54, 1.807) is 36.4 Å². The zero-order chi connectivity index (χ0) is 19.4. The molecule has 2 aromatic carbocycles. The molecule has 0 aliphatic heterocycles. The van der Waals surface area contributed by atoms with Crippen LogP contribution in [0.15, 0.2) is 75.8 Å². The second-order valence-electron chi connectivity index (χ2n) is 4.98. The molecule has 0 saturated carbocycles. The van der Waals surface area contributed by atoms with Crippen LogP contribution >= 0.6 is 23.5 Å². The average molecular weight is 400 g/mol. The molecule has 1 aromatic heterocycles. The van der Waals surface area contributed by atoms with Crippen molar-refractivity contribution >= 4 is 55.8 Å². The monoisotopic (exact) mass is 400 g/mol. The fraction of sp³-hybridized carbons (Fsp3) is 0. The van der Waals surface area contributed by atoms with Gasteiger partial charge in [0.15, 0.2) is 5.58 Å². The van der Waals surface area contributed by atoms with Crippen LogP contribution in [0.4, 0.5) is 0 Å². The predicted molar refractivity (Wildman–Crippen MR) is 105 cm³/mol. The lowest BCUT2D eigenvalue weighted by Crippen LogP contribution is -2.04. The van der Waals surface area contributed by atoms with Crippen molar-refractivity contribution in [1.82, 2.24) is 0 Å². The molecule has 0 bridgehead atoms. The zero-order valence-corrected chi connectivity index (χ0v) is 15.2. The van der Waals surface area contributed by atoms with Gasteiger partial charge in [-0.05, 0) is 47.8 Å². The van der Waals surface area contributed by atoms with Crippen LogP contribution in [0.3, 0.4) is 0 Å². The molecule has 0 radical (unpaired) electrons.